The van der Waals surface area contributed by atoms with E-state index >= 15 is 0 Å². The van der Waals surface area contributed by atoms with Crippen LogP contribution in [-0.2, 0) is 4.79 Å². The molecule has 0 saturated carbocycles. The summed E-state index contributed by atoms with van der Waals surface area (Å²) in [6.45, 7) is 5.25. The molecule has 92 valence electrons. The number of likely N-dealkylation sites (N-methyl/N-ethyl adjacent to an activating group) is 1. The Bertz CT molecular complexity index is 439. The van der Waals surface area contributed by atoms with Crippen LogP contribution in [0.5, 0.6) is 0 Å². The summed E-state index contributed by atoms with van der Waals surface area (Å²) in [4.78, 5) is 23.5. The second kappa shape index (κ2) is 4.99. The topological polar surface area (TPSA) is 58.2 Å². The fourth-order valence-electron chi connectivity index (χ4n) is 1.51. The summed E-state index contributed by atoms with van der Waals surface area (Å²) >= 11 is 0. The smallest absolute Gasteiger partial charge is 0.252 e. The van der Waals surface area contributed by atoms with Crippen LogP contribution in [0, 0.1) is 6.92 Å². The number of hydrogen-bond acceptors (Lipinski definition) is 2. The van der Waals surface area contributed by atoms with Gasteiger partial charge in [0.05, 0.1) is 0 Å². The fraction of sp³-hybridized carbons (Fsp3) is 0.385. The molecule has 0 aliphatic carbocycles. The SMILES string of the molecule is CNC(=O)C(C)(C)NC(=O)c1cccc(C)c1. The van der Waals surface area contributed by atoms with E-state index in [0.717, 1.165) is 5.56 Å². The predicted molar refractivity (Wildman–Crippen MR) is 66.8 cm³/mol. The number of nitrogens with one attached hydrogen (secondary N) is 2. The first-order chi connectivity index (χ1) is 7.86. The summed E-state index contributed by atoms with van der Waals surface area (Å²) in [7, 11) is 1.54. The molecule has 2 amide bonds. The molecule has 17 heavy (non-hydrogen) atoms. The van der Waals surface area contributed by atoms with E-state index in [2.05, 4.69) is 10.6 Å². The molecule has 0 atom stereocenters. The van der Waals surface area contributed by atoms with Crippen LogP contribution in [0.1, 0.15) is 29.8 Å². The van der Waals surface area contributed by atoms with Gasteiger partial charge in [-0.1, -0.05) is 17.7 Å². The maximum Gasteiger partial charge on any atom is 0.252 e. The lowest BCUT2D eigenvalue weighted by atomic mass is 10.0. The van der Waals surface area contributed by atoms with Crippen molar-refractivity contribution < 1.29 is 9.59 Å². The lowest BCUT2D eigenvalue weighted by Crippen LogP contribution is -2.53. The van der Waals surface area contributed by atoms with Gasteiger partial charge in [0.15, 0.2) is 0 Å². The average Bonchev–Trinajstić information content (AvgIpc) is 2.27. The summed E-state index contributed by atoms with van der Waals surface area (Å²) in [5, 5.41) is 5.22. The monoisotopic (exact) mass is 234 g/mol. The van der Waals surface area contributed by atoms with E-state index in [1.807, 2.05) is 19.1 Å². The Balaban J connectivity index is 2.83. The molecule has 1 aromatic carbocycles. The van der Waals surface area contributed by atoms with E-state index in [-0.39, 0.29) is 11.8 Å². The van der Waals surface area contributed by atoms with Crippen molar-refractivity contribution in [1.82, 2.24) is 10.6 Å². The molecule has 0 fully saturated rings. The number of benzene rings is 1. The van der Waals surface area contributed by atoms with E-state index in [1.54, 1.807) is 33.0 Å². The molecule has 0 radical (unpaired) electrons. The van der Waals surface area contributed by atoms with E-state index in [4.69, 9.17) is 0 Å². The van der Waals surface area contributed by atoms with Gasteiger partial charge in [0, 0.05) is 12.6 Å². The van der Waals surface area contributed by atoms with Crippen molar-refractivity contribution >= 4 is 11.8 Å². The van der Waals surface area contributed by atoms with E-state index < -0.39 is 5.54 Å². The van der Waals surface area contributed by atoms with Gasteiger partial charge in [0.1, 0.15) is 5.54 Å². The summed E-state index contributed by atoms with van der Waals surface area (Å²) in [5.74, 6) is -0.471. The lowest BCUT2D eigenvalue weighted by Gasteiger charge is -2.24. The van der Waals surface area contributed by atoms with Crippen molar-refractivity contribution in [3.05, 3.63) is 35.4 Å². The molecule has 4 heteroatoms. The first-order valence-corrected chi connectivity index (χ1v) is 5.48. The minimum Gasteiger partial charge on any atom is -0.357 e. The van der Waals surface area contributed by atoms with Crippen LogP contribution >= 0.6 is 0 Å². The van der Waals surface area contributed by atoms with Crippen LogP contribution in [0.15, 0.2) is 24.3 Å². The van der Waals surface area contributed by atoms with E-state index in [0.29, 0.717) is 5.56 Å². The maximum atomic E-state index is 11.9. The Morgan fingerprint density at radius 2 is 1.88 bits per heavy atom. The van der Waals surface area contributed by atoms with E-state index in [9.17, 15) is 9.59 Å². The van der Waals surface area contributed by atoms with Crippen molar-refractivity contribution in [3.8, 4) is 0 Å². The molecular weight excluding hydrogens is 216 g/mol. The third kappa shape index (κ3) is 3.31. The Hall–Kier alpha value is -1.84. The molecule has 2 N–H and O–H groups in total. The molecule has 0 aromatic heterocycles. The molecule has 1 aromatic rings. The second-order valence-corrected chi connectivity index (χ2v) is 4.53. The molecule has 0 aliphatic heterocycles. The quantitative estimate of drug-likeness (QED) is 0.827. The van der Waals surface area contributed by atoms with Crippen LogP contribution in [0.4, 0.5) is 0 Å². The van der Waals surface area contributed by atoms with Crippen molar-refractivity contribution in [1.29, 1.82) is 0 Å². The van der Waals surface area contributed by atoms with Gasteiger partial charge < -0.3 is 10.6 Å². The molecule has 1 rings (SSSR count). The van der Waals surface area contributed by atoms with Gasteiger partial charge in [-0.2, -0.15) is 0 Å². The van der Waals surface area contributed by atoms with Crippen molar-refractivity contribution in [2.75, 3.05) is 7.05 Å². The molecule has 0 spiro atoms. The highest BCUT2D eigenvalue weighted by Gasteiger charge is 2.28. The normalized spacial score (nSPS) is 10.8. The zero-order valence-electron chi connectivity index (χ0n) is 10.6. The number of aryl methyl sites for hydroxylation is 1. The minimum absolute atomic E-state index is 0.224. The zero-order chi connectivity index (χ0) is 13.1. The number of carbonyl (C=O) groups is 2. The molecule has 0 bridgehead atoms. The summed E-state index contributed by atoms with van der Waals surface area (Å²) in [6, 6.07) is 7.25. The van der Waals surface area contributed by atoms with Crippen LogP contribution in [0.3, 0.4) is 0 Å². The number of amides is 2. The third-order valence-electron chi connectivity index (χ3n) is 2.50. The van der Waals surface area contributed by atoms with Gasteiger partial charge in [0.2, 0.25) is 5.91 Å². The molecular formula is C13H18N2O2. The van der Waals surface area contributed by atoms with Crippen molar-refractivity contribution in [3.63, 3.8) is 0 Å². The lowest BCUT2D eigenvalue weighted by molar-refractivity contribution is -0.125. The fourth-order valence-corrected chi connectivity index (χ4v) is 1.51. The van der Waals surface area contributed by atoms with Crippen LogP contribution in [0.25, 0.3) is 0 Å². The third-order valence-corrected chi connectivity index (χ3v) is 2.50. The van der Waals surface area contributed by atoms with Gasteiger partial charge in [-0.3, -0.25) is 9.59 Å². The van der Waals surface area contributed by atoms with Gasteiger partial charge >= 0.3 is 0 Å². The largest absolute Gasteiger partial charge is 0.357 e. The minimum atomic E-state index is -0.921. The van der Waals surface area contributed by atoms with E-state index in [1.165, 1.54) is 0 Å². The van der Waals surface area contributed by atoms with Crippen molar-refractivity contribution in [2.45, 2.75) is 26.3 Å². The standard InChI is InChI=1S/C13H18N2O2/c1-9-6-5-7-10(8-9)11(16)15-13(2,3)12(17)14-4/h5-8H,1-4H3,(H,14,17)(H,15,16). The average molecular weight is 234 g/mol. The first kappa shape index (κ1) is 13.2. The summed E-state index contributed by atoms with van der Waals surface area (Å²) in [6.07, 6.45) is 0. The summed E-state index contributed by atoms with van der Waals surface area (Å²) < 4.78 is 0. The predicted octanol–water partition coefficient (Wildman–Crippen LogP) is 1.25. The highest BCUT2D eigenvalue weighted by Crippen LogP contribution is 2.07. The second-order valence-electron chi connectivity index (χ2n) is 4.53. The summed E-state index contributed by atoms with van der Waals surface area (Å²) in [5.41, 5.74) is 0.646. The molecule has 0 heterocycles. The van der Waals surface area contributed by atoms with Gasteiger partial charge in [0.25, 0.3) is 5.91 Å². The number of hydrogen-bond donors (Lipinski definition) is 2. The molecule has 4 nitrogen and oxygen atoms in total. The first-order valence-electron chi connectivity index (χ1n) is 5.48. The van der Waals surface area contributed by atoms with Gasteiger partial charge in [-0.25, -0.2) is 0 Å². The number of rotatable bonds is 3. The van der Waals surface area contributed by atoms with Crippen LogP contribution in [0.2, 0.25) is 0 Å². The Kier molecular flexibility index (Phi) is 3.89. The van der Waals surface area contributed by atoms with Crippen molar-refractivity contribution in [2.24, 2.45) is 0 Å². The van der Waals surface area contributed by atoms with Crippen LogP contribution < -0.4 is 10.6 Å². The molecule has 0 aliphatic rings. The highest BCUT2D eigenvalue weighted by molar-refractivity contribution is 5.98. The van der Waals surface area contributed by atoms with Gasteiger partial charge in [-0.05, 0) is 32.9 Å². The Morgan fingerprint density at radius 3 is 2.41 bits per heavy atom. The highest BCUT2D eigenvalue weighted by atomic mass is 16.2. The van der Waals surface area contributed by atoms with Gasteiger partial charge in [-0.15, -0.1) is 0 Å². The molecule has 0 saturated heterocycles. The zero-order valence-corrected chi connectivity index (χ0v) is 10.6. The Morgan fingerprint density at radius 1 is 1.24 bits per heavy atom. The van der Waals surface area contributed by atoms with Crippen LogP contribution in [-0.4, -0.2) is 24.4 Å². The maximum absolute atomic E-state index is 11.9. The Labute approximate surface area is 101 Å². The molecule has 0 unspecified atom stereocenters. The number of carbonyl (C=O) groups excluding carboxylic acids is 2.